The van der Waals surface area contributed by atoms with Crippen LogP contribution in [0, 0.1) is 24.7 Å². The van der Waals surface area contributed by atoms with Crippen molar-refractivity contribution in [1.29, 1.82) is 0 Å². The van der Waals surface area contributed by atoms with E-state index < -0.39 is 0 Å². The zero-order valence-corrected chi connectivity index (χ0v) is 19.6. The number of hydrogen-bond acceptors (Lipinski definition) is 2. The van der Waals surface area contributed by atoms with Crippen LogP contribution < -0.4 is 56.7 Å². The fourth-order valence-corrected chi connectivity index (χ4v) is 1.08. The van der Waals surface area contributed by atoms with Gasteiger partial charge in [0.05, 0.1) is 4.99 Å². The molecule has 0 spiro atoms. The van der Waals surface area contributed by atoms with E-state index in [1.54, 1.807) is 0 Å². The summed E-state index contributed by atoms with van der Waals surface area (Å²) in [5.74, 6) is 1.76. The van der Waals surface area contributed by atoms with Gasteiger partial charge in [-0.1, -0.05) is 39.9 Å². The Morgan fingerprint density at radius 3 is 1.95 bits per heavy atom. The Labute approximate surface area is 181 Å². The van der Waals surface area contributed by atoms with Gasteiger partial charge in [-0.25, -0.2) is 0 Å². The monoisotopic (exact) mass is 340 g/mol. The van der Waals surface area contributed by atoms with Gasteiger partial charge in [-0.15, -0.1) is 0 Å². The third-order valence-corrected chi connectivity index (χ3v) is 3.28. The summed E-state index contributed by atoms with van der Waals surface area (Å²) in [7, 11) is 0. The molecule has 0 radical (unpaired) electrons. The van der Waals surface area contributed by atoms with Crippen molar-refractivity contribution in [3.05, 3.63) is 18.7 Å². The standard InChI is InChI=1S/C8H17NS.C7H14NO.CH3.K/c1-6(8(3,4)5)9-7(2)10;1-6(2)7(3)4-8-5-9;;/h6H,1-5H3,(H,9,10);5,7H,4H2,1-3H3,(H,8,9);1H3;/q;2*-1;+1/p-1. The van der Waals surface area contributed by atoms with Gasteiger partial charge < -0.3 is 28.8 Å². The minimum Gasteiger partial charge on any atom is -0.658 e. The molecular formula is C16H33KN2OS-2. The smallest absolute Gasteiger partial charge is 0.658 e. The van der Waals surface area contributed by atoms with Crippen LogP contribution in [0.3, 0.4) is 0 Å². The molecule has 122 valence electrons. The van der Waals surface area contributed by atoms with Crippen LogP contribution in [-0.4, -0.2) is 24.0 Å². The van der Waals surface area contributed by atoms with Crippen molar-refractivity contribution in [2.24, 2.45) is 11.3 Å². The summed E-state index contributed by atoms with van der Waals surface area (Å²) in [6.45, 7) is 17.4. The molecule has 1 N–H and O–H groups in total. The average molecular weight is 341 g/mol. The van der Waals surface area contributed by atoms with Gasteiger partial charge in [0.15, 0.2) is 0 Å². The topological polar surface area (TPSA) is 43.2 Å². The predicted octanol–water partition coefficient (Wildman–Crippen LogP) is 1.58. The van der Waals surface area contributed by atoms with E-state index in [0.717, 1.165) is 4.99 Å². The molecule has 2 atom stereocenters. The second-order valence-electron chi connectivity index (χ2n) is 6.24. The minimum absolute atomic E-state index is 0. The zero-order valence-electron chi connectivity index (χ0n) is 15.7. The van der Waals surface area contributed by atoms with Crippen LogP contribution in [0.2, 0.25) is 0 Å². The van der Waals surface area contributed by atoms with Gasteiger partial charge in [0, 0.05) is 12.5 Å². The molecule has 3 nitrogen and oxygen atoms in total. The molecule has 0 aromatic heterocycles. The quantitative estimate of drug-likeness (QED) is 0.358. The van der Waals surface area contributed by atoms with Gasteiger partial charge in [-0.05, 0) is 19.3 Å². The average Bonchev–Trinajstić information content (AvgIpc) is 2.24. The summed E-state index contributed by atoms with van der Waals surface area (Å²) >= 11 is 4.93. The molecule has 0 aliphatic rings. The Morgan fingerprint density at radius 1 is 1.33 bits per heavy atom. The van der Waals surface area contributed by atoms with Gasteiger partial charge in [0.2, 0.25) is 0 Å². The molecule has 0 heterocycles. The molecule has 0 aliphatic heterocycles. The van der Waals surface area contributed by atoms with E-state index in [2.05, 4.69) is 45.3 Å². The second-order valence-corrected chi connectivity index (χ2v) is 6.85. The number of carbonyl (C=O) groups excluding carboxylic acids is 1. The predicted molar refractivity (Wildman–Crippen MR) is 94.8 cm³/mol. The van der Waals surface area contributed by atoms with Crippen molar-refractivity contribution >= 4 is 23.6 Å². The first kappa shape index (κ1) is 29.9. The molecule has 0 aliphatic carbocycles. The normalized spacial score (nSPS) is 12.6. The molecule has 0 fully saturated rings. The summed E-state index contributed by atoms with van der Waals surface area (Å²) in [6.07, 6.45) is 0.611. The molecule has 0 saturated heterocycles. The van der Waals surface area contributed by atoms with Gasteiger partial charge in [-0.3, -0.25) is 0 Å². The van der Waals surface area contributed by atoms with Crippen molar-refractivity contribution in [2.45, 2.75) is 61.4 Å². The van der Waals surface area contributed by atoms with E-state index in [9.17, 15) is 4.79 Å². The van der Waals surface area contributed by atoms with E-state index in [-0.39, 0.29) is 58.8 Å². The van der Waals surface area contributed by atoms with Gasteiger partial charge in [-0.2, -0.15) is 26.3 Å². The summed E-state index contributed by atoms with van der Waals surface area (Å²) in [6, 6.07) is 0.449. The number of nitrogens with zero attached hydrogens (tertiary/aromatic N) is 1. The van der Waals surface area contributed by atoms with Crippen molar-refractivity contribution in [1.82, 2.24) is 5.32 Å². The summed E-state index contributed by atoms with van der Waals surface area (Å²) < 4.78 is 0. The first-order valence-corrected chi connectivity index (χ1v) is 7.10. The molecule has 21 heavy (non-hydrogen) atoms. The number of hydrogen-bond donors (Lipinski definition) is 1. The van der Waals surface area contributed by atoms with Crippen LogP contribution in [0.1, 0.15) is 55.4 Å². The van der Waals surface area contributed by atoms with Crippen LogP contribution in [0.5, 0.6) is 0 Å². The van der Waals surface area contributed by atoms with Crippen LogP contribution in [0.25, 0.3) is 5.32 Å². The number of nitrogens with one attached hydrogen (secondary N) is 1. The Kier molecular flexibility index (Phi) is 22.6. The van der Waals surface area contributed by atoms with E-state index in [1.165, 1.54) is 5.92 Å². The SMILES string of the molecule is CC(=S)NC(C)C(C)(C)C.C[C-](C)C(C)C[N-]C=O.[CH3-].[K+]. The Morgan fingerprint density at radius 2 is 1.76 bits per heavy atom. The van der Waals surface area contributed by atoms with E-state index in [0.29, 0.717) is 30.3 Å². The maximum Gasteiger partial charge on any atom is 1.00 e. The third-order valence-electron chi connectivity index (χ3n) is 3.16. The van der Waals surface area contributed by atoms with Gasteiger partial charge >= 0.3 is 51.4 Å². The first-order chi connectivity index (χ1) is 8.52. The zero-order chi connectivity index (χ0) is 15.6. The molecular weight excluding hydrogens is 307 g/mol. The van der Waals surface area contributed by atoms with E-state index in [1.807, 2.05) is 20.8 Å². The second kappa shape index (κ2) is 15.9. The molecule has 0 aromatic rings. The molecule has 0 rings (SSSR count). The summed E-state index contributed by atoms with van der Waals surface area (Å²) in [5.41, 5.74) is 0.292. The third kappa shape index (κ3) is 21.0. The van der Waals surface area contributed by atoms with Crippen molar-refractivity contribution in [3.63, 3.8) is 0 Å². The number of thiocarbonyl (C=S) groups is 1. The molecule has 0 aromatic carbocycles. The minimum atomic E-state index is 0. The first-order valence-electron chi connectivity index (χ1n) is 6.69. The Hall–Kier alpha value is 0.996. The van der Waals surface area contributed by atoms with Crippen LogP contribution in [0.15, 0.2) is 0 Å². The van der Waals surface area contributed by atoms with Crippen molar-refractivity contribution in [2.75, 3.05) is 6.54 Å². The number of carbonyl (C=O) groups is 1. The van der Waals surface area contributed by atoms with Crippen molar-refractivity contribution in [3.8, 4) is 0 Å². The fraction of sp³-hybridized carbons (Fsp3) is 0.750. The van der Waals surface area contributed by atoms with Gasteiger partial charge in [0.25, 0.3) is 0 Å². The van der Waals surface area contributed by atoms with E-state index in [4.69, 9.17) is 12.2 Å². The maximum absolute atomic E-state index is 9.76. The largest absolute Gasteiger partial charge is 1.00 e. The fourth-order valence-electron chi connectivity index (χ4n) is 0.905. The Balaban J connectivity index is -0.000000126. The molecule has 5 heteroatoms. The maximum atomic E-state index is 9.76. The van der Waals surface area contributed by atoms with E-state index >= 15 is 0 Å². The number of rotatable bonds is 5. The molecule has 0 bridgehead atoms. The summed E-state index contributed by atoms with van der Waals surface area (Å²) in [5, 5.41) is 6.81. The Bertz CT molecular complexity index is 265. The van der Waals surface area contributed by atoms with Crippen LogP contribution in [-0.2, 0) is 4.79 Å². The molecule has 1 amide bonds. The summed E-state index contributed by atoms with van der Waals surface area (Å²) in [4.78, 5) is 10.6. The van der Waals surface area contributed by atoms with Gasteiger partial charge in [0.1, 0.15) is 0 Å². The molecule has 0 saturated carbocycles. The van der Waals surface area contributed by atoms with Crippen LogP contribution in [0.4, 0.5) is 0 Å². The molecule has 2 unspecified atom stereocenters. The van der Waals surface area contributed by atoms with Crippen LogP contribution >= 0.6 is 12.2 Å². The van der Waals surface area contributed by atoms with Crippen molar-refractivity contribution < 1.29 is 56.2 Å². The number of amides is 1.